The fraction of sp³-hybridized carbons (Fsp3) is 0.533. The predicted octanol–water partition coefficient (Wildman–Crippen LogP) is 1.81. The number of rotatable bonds is 6. The minimum absolute atomic E-state index is 0.417. The maximum Gasteiger partial charge on any atom is 0.119 e. The zero-order valence-corrected chi connectivity index (χ0v) is 12.5. The van der Waals surface area contributed by atoms with Gasteiger partial charge >= 0.3 is 0 Å². The Morgan fingerprint density at radius 3 is 2.80 bits per heavy atom. The lowest BCUT2D eigenvalue weighted by Crippen LogP contribution is -2.28. The molecule has 0 radical (unpaired) electrons. The molecule has 1 fully saturated rings. The van der Waals surface area contributed by atoms with Crippen molar-refractivity contribution in [2.45, 2.75) is 12.8 Å². The van der Waals surface area contributed by atoms with Gasteiger partial charge in [0.05, 0.1) is 13.2 Å². The molecule has 0 saturated carbocycles. The molecule has 110 valence electrons. The lowest BCUT2D eigenvalue weighted by atomic mass is 10.2. The topological polar surface area (TPSA) is 47.7 Å². The molecule has 4 nitrogen and oxygen atoms in total. The van der Waals surface area contributed by atoms with Crippen LogP contribution in [0.3, 0.4) is 0 Å². The summed E-state index contributed by atoms with van der Waals surface area (Å²) in [6.45, 7) is 5.69. The van der Waals surface area contributed by atoms with Crippen molar-refractivity contribution in [3.63, 3.8) is 0 Å². The van der Waals surface area contributed by atoms with Crippen molar-refractivity contribution in [1.29, 1.82) is 0 Å². The van der Waals surface area contributed by atoms with E-state index < -0.39 is 0 Å². The van der Waals surface area contributed by atoms with Crippen molar-refractivity contribution >= 4 is 17.2 Å². The molecule has 1 aliphatic heterocycles. The van der Waals surface area contributed by atoms with Crippen LogP contribution in [0.2, 0.25) is 0 Å². The first-order chi connectivity index (χ1) is 9.75. The summed E-state index contributed by atoms with van der Waals surface area (Å²) in [5, 5.41) is 0. The van der Waals surface area contributed by atoms with Gasteiger partial charge < -0.3 is 20.1 Å². The molecule has 0 aliphatic carbocycles. The van der Waals surface area contributed by atoms with Gasteiger partial charge in [0.15, 0.2) is 0 Å². The summed E-state index contributed by atoms with van der Waals surface area (Å²) < 4.78 is 11.2. The van der Waals surface area contributed by atoms with E-state index in [2.05, 4.69) is 4.90 Å². The summed E-state index contributed by atoms with van der Waals surface area (Å²) in [5.41, 5.74) is 6.43. The second kappa shape index (κ2) is 8.19. The standard InChI is InChI=1S/C15H22N2O2S/c16-15(20)13-3-5-14(6-4-13)19-11-2-8-17-7-1-10-18-12-9-17/h3-6H,1-2,7-12H2,(H2,16,20). The number of thiocarbonyl (C=S) groups is 1. The van der Waals surface area contributed by atoms with Crippen molar-refractivity contribution in [3.8, 4) is 5.75 Å². The highest BCUT2D eigenvalue weighted by atomic mass is 32.1. The van der Waals surface area contributed by atoms with Gasteiger partial charge in [0.1, 0.15) is 10.7 Å². The highest BCUT2D eigenvalue weighted by Gasteiger charge is 2.08. The highest BCUT2D eigenvalue weighted by molar-refractivity contribution is 7.80. The Kier molecular flexibility index (Phi) is 6.24. The second-order valence-electron chi connectivity index (χ2n) is 4.90. The molecule has 1 aromatic rings. The third-order valence-electron chi connectivity index (χ3n) is 3.34. The van der Waals surface area contributed by atoms with Crippen molar-refractivity contribution in [2.75, 3.05) is 39.5 Å². The Hall–Kier alpha value is -1.17. The summed E-state index contributed by atoms with van der Waals surface area (Å²) in [6, 6.07) is 7.61. The molecule has 0 atom stereocenters. The second-order valence-corrected chi connectivity index (χ2v) is 5.34. The maximum atomic E-state index is 5.72. The number of ether oxygens (including phenoxy) is 2. The average Bonchev–Trinajstić information content (AvgIpc) is 2.73. The maximum absolute atomic E-state index is 5.72. The quantitative estimate of drug-likeness (QED) is 0.640. The Morgan fingerprint density at radius 1 is 1.25 bits per heavy atom. The van der Waals surface area contributed by atoms with Crippen LogP contribution in [0.15, 0.2) is 24.3 Å². The largest absolute Gasteiger partial charge is 0.494 e. The Bertz CT molecular complexity index is 414. The van der Waals surface area contributed by atoms with E-state index in [9.17, 15) is 0 Å². The van der Waals surface area contributed by atoms with E-state index in [1.165, 1.54) is 0 Å². The van der Waals surface area contributed by atoms with E-state index in [-0.39, 0.29) is 0 Å². The lowest BCUT2D eigenvalue weighted by Gasteiger charge is -2.18. The Labute approximate surface area is 125 Å². The van der Waals surface area contributed by atoms with Crippen LogP contribution < -0.4 is 10.5 Å². The van der Waals surface area contributed by atoms with E-state index in [0.29, 0.717) is 4.99 Å². The first-order valence-electron chi connectivity index (χ1n) is 7.08. The fourth-order valence-electron chi connectivity index (χ4n) is 2.21. The summed E-state index contributed by atoms with van der Waals surface area (Å²) in [5.74, 6) is 0.865. The minimum atomic E-state index is 0.417. The molecule has 1 saturated heterocycles. The normalized spacial score (nSPS) is 16.6. The van der Waals surface area contributed by atoms with Crippen LogP contribution in [0.25, 0.3) is 0 Å². The Morgan fingerprint density at radius 2 is 2.05 bits per heavy atom. The molecule has 2 N–H and O–H groups in total. The molecular formula is C15H22N2O2S. The number of hydrogen-bond donors (Lipinski definition) is 1. The molecular weight excluding hydrogens is 272 g/mol. The van der Waals surface area contributed by atoms with Crippen molar-refractivity contribution in [3.05, 3.63) is 29.8 Å². The average molecular weight is 294 g/mol. The van der Waals surface area contributed by atoms with Gasteiger partial charge in [-0.3, -0.25) is 0 Å². The molecule has 1 heterocycles. The smallest absolute Gasteiger partial charge is 0.119 e. The molecule has 0 spiro atoms. The summed E-state index contributed by atoms with van der Waals surface area (Å²) >= 11 is 4.92. The zero-order valence-electron chi connectivity index (χ0n) is 11.7. The van der Waals surface area contributed by atoms with Crippen LogP contribution >= 0.6 is 12.2 Å². The highest BCUT2D eigenvalue weighted by Crippen LogP contribution is 2.12. The summed E-state index contributed by atoms with van der Waals surface area (Å²) in [6.07, 6.45) is 2.15. The van der Waals surface area contributed by atoms with Crippen LogP contribution in [0.4, 0.5) is 0 Å². The summed E-state index contributed by atoms with van der Waals surface area (Å²) in [4.78, 5) is 2.85. The molecule has 1 aliphatic rings. The lowest BCUT2D eigenvalue weighted by molar-refractivity contribution is 0.140. The first-order valence-corrected chi connectivity index (χ1v) is 7.49. The van der Waals surface area contributed by atoms with Crippen LogP contribution in [-0.2, 0) is 4.74 Å². The number of nitrogens with zero attached hydrogens (tertiary/aromatic N) is 1. The SMILES string of the molecule is NC(=S)c1ccc(OCCCN2CCCOCC2)cc1. The van der Waals surface area contributed by atoms with E-state index in [1.807, 2.05) is 24.3 Å². The van der Waals surface area contributed by atoms with Gasteiger partial charge in [-0.25, -0.2) is 0 Å². The molecule has 0 aromatic heterocycles. The first kappa shape index (κ1) is 15.2. The Balaban J connectivity index is 1.66. The predicted molar refractivity (Wildman–Crippen MR) is 84.3 cm³/mol. The third-order valence-corrected chi connectivity index (χ3v) is 3.58. The van der Waals surface area contributed by atoms with Gasteiger partial charge in [0.25, 0.3) is 0 Å². The van der Waals surface area contributed by atoms with Crippen molar-refractivity contribution in [2.24, 2.45) is 5.73 Å². The van der Waals surface area contributed by atoms with E-state index in [1.54, 1.807) is 0 Å². The van der Waals surface area contributed by atoms with Gasteiger partial charge in [-0.1, -0.05) is 12.2 Å². The van der Waals surface area contributed by atoms with E-state index >= 15 is 0 Å². The van der Waals surface area contributed by atoms with Crippen LogP contribution in [0, 0.1) is 0 Å². The molecule has 5 heteroatoms. The number of nitrogens with two attached hydrogens (primary N) is 1. The van der Waals surface area contributed by atoms with E-state index in [4.69, 9.17) is 27.4 Å². The van der Waals surface area contributed by atoms with Crippen LogP contribution in [-0.4, -0.2) is 49.3 Å². The summed E-state index contributed by atoms with van der Waals surface area (Å²) in [7, 11) is 0. The van der Waals surface area contributed by atoms with Gasteiger partial charge in [0.2, 0.25) is 0 Å². The van der Waals surface area contributed by atoms with Crippen LogP contribution in [0.5, 0.6) is 5.75 Å². The van der Waals surface area contributed by atoms with Gasteiger partial charge in [0, 0.05) is 31.8 Å². The van der Waals surface area contributed by atoms with E-state index in [0.717, 1.165) is 63.6 Å². The van der Waals surface area contributed by atoms with Gasteiger partial charge in [-0.2, -0.15) is 0 Å². The molecule has 1 aromatic carbocycles. The van der Waals surface area contributed by atoms with Crippen LogP contribution in [0.1, 0.15) is 18.4 Å². The van der Waals surface area contributed by atoms with Gasteiger partial charge in [-0.15, -0.1) is 0 Å². The molecule has 20 heavy (non-hydrogen) atoms. The minimum Gasteiger partial charge on any atom is -0.494 e. The van der Waals surface area contributed by atoms with Gasteiger partial charge in [-0.05, 0) is 37.1 Å². The third kappa shape index (κ3) is 5.07. The van der Waals surface area contributed by atoms with Crippen molar-refractivity contribution in [1.82, 2.24) is 4.90 Å². The monoisotopic (exact) mass is 294 g/mol. The fourth-order valence-corrected chi connectivity index (χ4v) is 2.35. The molecule has 0 amide bonds. The molecule has 0 bridgehead atoms. The number of hydrogen-bond acceptors (Lipinski definition) is 4. The zero-order chi connectivity index (χ0) is 14.2. The molecule has 2 rings (SSSR count). The van der Waals surface area contributed by atoms with Crippen molar-refractivity contribution < 1.29 is 9.47 Å². The molecule has 0 unspecified atom stereocenters. The number of benzene rings is 1.